The van der Waals surface area contributed by atoms with Gasteiger partial charge in [-0.1, -0.05) is 0 Å². The van der Waals surface area contributed by atoms with Gasteiger partial charge in [-0.15, -0.1) is 0 Å². The van der Waals surface area contributed by atoms with Crippen LogP contribution in [-0.4, -0.2) is 46.3 Å². The van der Waals surface area contributed by atoms with Gasteiger partial charge in [-0.05, 0) is 33.1 Å². The van der Waals surface area contributed by atoms with Gasteiger partial charge in [0.25, 0.3) is 5.91 Å². The lowest BCUT2D eigenvalue weighted by atomic mass is 10.0. The summed E-state index contributed by atoms with van der Waals surface area (Å²) in [5, 5.41) is 4.28. The lowest BCUT2D eigenvalue weighted by Crippen LogP contribution is -2.49. The maximum absolute atomic E-state index is 12.3. The number of nitrogens with two attached hydrogens (primary N) is 1. The molecule has 20 heavy (non-hydrogen) atoms. The summed E-state index contributed by atoms with van der Waals surface area (Å²) in [6.07, 6.45) is 3.19. The van der Waals surface area contributed by atoms with Crippen LogP contribution in [-0.2, 0) is 11.8 Å². The predicted molar refractivity (Wildman–Crippen MR) is 76.6 cm³/mol. The molecule has 2 rings (SSSR count). The van der Waals surface area contributed by atoms with Crippen molar-refractivity contribution >= 4 is 5.91 Å². The third kappa shape index (κ3) is 2.95. The van der Waals surface area contributed by atoms with Gasteiger partial charge in [0.1, 0.15) is 5.69 Å². The monoisotopic (exact) mass is 280 g/mol. The largest absolute Gasteiger partial charge is 0.480 e. The summed E-state index contributed by atoms with van der Waals surface area (Å²) in [6.45, 7) is 5.19. The van der Waals surface area contributed by atoms with Gasteiger partial charge >= 0.3 is 0 Å². The van der Waals surface area contributed by atoms with Crippen LogP contribution in [0.1, 0.15) is 30.7 Å². The second-order valence-corrected chi connectivity index (χ2v) is 5.38. The number of carbonyl (C=O) groups is 1. The molecule has 2 heterocycles. The van der Waals surface area contributed by atoms with Gasteiger partial charge in [-0.2, -0.15) is 5.10 Å². The fraction of sp³-hybridized carbons (Fsp3) is 0.714. The number of hydrogen-bond donors (Lipinski definition) is 1. The zero-order chi connectivity index (χ0) is 14.7. The first-order valence-corrected chi connectivity index (χ1v) is 7.17. The number of carbonyl (C=O) groups excluding carboxylic acids is 1. The predicted octanol–water partition coefficient (Wildman–Crippen LogP) is 0.756. The summed E-state index contributed by atoms with van der Waals surface area (Å²) in [5.74, 6) is 0.727. The van der Waals surface area contributed by atoms with Crippen molar-refractivity contribution in [1.29, 1.82) is 0 Å². The normalized spacial score (nSPS) is 19.2. The Morgan fingerprint density at radius 3 is 2.80 bits per heavy atom. The molecule has 1 amide bonds. The molecule has 1 aliphatic rings. The maximum atomic E-state index is 12.3. The van der Waals surface area contributed by atoms with Crippen LogP contribution in [0.2, 0.25) is 0 Å². The Bertz CT molecular complexity index is 484. The third-order valence-corrected chi connectivity index (χ3v) is 4.00. The SMILES string of the molecule is Cc1nn(C)c(C)c1OCC(=O)N1CCCCC1CN. The van der Waals surface area contributed by atoms with E-state index >= 15 is 0 Å². The highest BCUT2D eigenvalue weighted by Crippen LogP contribution is 2.22. The molecule has 1 aliphatic heterocycles. The van der Waals surface area contributed by atoms with Gasteiger partial charge in [0.15, 0.2) is 12.4 Å². The smallest absolute Gasteiger partial charge is 0.260 e. The average Bonchev–Trinajstić information content (AvgIpc) is 2.70. The Morgan fingerprint density at radius 1 is 1.45 bits per heavy atom. The van der Waals surface area contributed by atoms with Gasteiger partial charge in [-0.25, -0.2) is 0 Å². The number of likely N-dealkylation sites (tertiary alicyclic amines) is 1. The number of rotatable bonds is 4. The molecule has 1 fully saturated rings. The van der Waals surface area contributed by atoms with E-state index in [2.05, 4.69) is 5.10 Å². The second kappa shape index (κ2) is 6.26. The molecule has 0 aromatic carbocycles. The number of aryl methyl sites for hydroxylation is 2. The zero-order valence-corrected chi connectivity index (χ0v) is 12.6. The van der Waals surface area contributed by atoms with Gasteiger partial charge < -0.3 is 15.4 Å². The fourth-order valence-electron chi connectivity index (χ4n) is 2.75. The highest BCUT2D eigenvalue weighted by atomic mass is 16.5. The standard InChI is InChI=1S/C14H24N4O2/c1-10-14(11(2)17(3)16-10)20-9-13(19)18-7-5-4-6-12(18)8-15/h12H,4-9,15H2,1-3H3. The number of piperidine rings is 1. The first-order valence-electron chi connectivity index (χ1n) is 7.17. The molecule has 1 aromatic rings. The van der Waals surface area contributed by atoms with Crippen molar-refractivity contribution < 1.29 is 9.53 Å². The Labute approximate surface area is 119 Å². The van der Waals surface area contributed by atoms with Crippen molar-refractivity contribution in [1.82, 2.24) is 14.7 Å². The van der Waals surface area contributed by atoms with Crippen LogP contribution >= 0.6 is 0 Å². The molecule has 0 aliphatic carbocycles. The van der Waals surface area contributed by atoms with E-state index in [1.54, 1.807) is 4.68 Å². The van der Waals surface area contributed by atoms with Crippen LogP contribution in [0.5, 0.6) is 5.75 Å². The van der Waals surface area contributed by atoms with E-state index in [4.69, 9.17) is 10.5 Å². The molecule has 1 unspecified atom stereocenters. The average molecular weight is 280 g/mol. The maximum Gasteiger partial charge on any atom is 0.260 e. The summed E-state index contributed by atoms with van der Waals surface area (Å²) in [5.41, 5.74) is 7.49. The lowest BCUT2D eigenvalue weighted by Gasteiger charge is -2.34. The molecule has 2 N–H and O–H groups in total. The van der Waals surface area contributed by atoms with Crippen LogP contribution in [0.15, 0.2) is 0 Å². The number of nitrogens with zero attached hydrogens (tertiary/aromatic N) is 3. The van der Waals surface area contributed by atoms with Crippen LogP contribution in [0, 0.1) is 13.8 Å². The Kier molecular flexibility index (Phi) is 4.65. The third-order valence-electron chi connectivity index (χ3n) is 4.00. The van der Waals surface area contributed by atoms with Crippen molar-refractivity contribution in [2.45, 2.75) is 39.2 Å². The summed E-state index contributed by atoms with van der Waals surface area (Å²) >= 11 is 0. The van der Waals surface area contributed by atoms with Crippen molar-refractivity contribution in [2.75, 3.05) is 19.7 Å². The molecule has 112 valence electrons. The zero-order valence-electron chi connectivity index (χ0n) is 12.6. The van der Waals surface area contributed by atoms with Crippen LogP contribution in [0.25, 0.3) is 0 Å². The van der Waals surface area contributed by atoms with Crippen molar-refractivity contribution in [2.24, 2.45) is 12.8 Å². The first kappa shape index (κ1) is 14.8. The van der Waals surface area contributed by atoms with E-state index in [0.717, 1.165) is 37.2 Å². The van der Waals surface area contributed by atoms with Crippen molar-refractivity contribution in [3.8, 4) is 5.75 Å². The second-order valence-electron chi connectivity index (χ2n) is 5.38. The van der Waals surface area contributed by atoms with Crippen molar-refractivity contribution in [3.05, 3.63) is 11.4 Å². The molecular formula is C14H24N4O2. The highest BCUT2D eigenvalue weighted by Gasteiger charge is 2.26. The van der Waals surface area contributed by atoms with Gasteiger partial charge in [-0.3, -0.25) is 9.48 Å². The summed E-state index contributed by atoms with van der Waals surface area (Å²) in [7, 11) is 1.87. The van der Waals surface area contributed by atoms with Crippen molar-refractivity contribution in [3.63, 3.8) is 0 Å². The van der Waals surface area contributed by atoms with Gasteiger partial charge in [0, 0.05) is 26.2 Å². The minimum absolute atomic E-state index is 0.0165. The molecule has 0 spiro atoms. The Balaban J connectivity index is 1.97. The minimum atomic E-state index is 0.0165. The van der Waals surface area contributed by atoms with E-state index in [9.17, 15) is 4.79 Å². The molecule has 0 bridgehead atoms. The molecule has 6 nitrogen and oxygen atoms in total. The Hall–Kier alpha value is -1.56. The molecular weight excluding hydrogens is 256 g/mol. The van der Waals surface area contributed by atoms with E-state index in [1.165, 1.54) is 0 Å². The summed E-state index contributed by atoms with van der Waals surface area (Å²) in [6, 6.07) is 0.163. The van der Waals surface area contributed by atoms with Crippen LogP contribution < -0.4 is 10.5 Å². The molecule has 6 heteroatoms. The quantitative estimate of drug-likeness (QED) is 0.883. The number of ether oxygens (including phenoxy) is 1. The van der Waals surface area contributed by atoms with E-state index < -0.39 is 0 Å². The van der Waals surface area contributed by atoms with Crippen LogP contribution in [0.4, 0.5) is 0 Å². The first-order chi connectivity index (χ1) is 9.54. The molecule has 0 saturated carbocycles. The fourth-order valence-corrected chi connectivity index (χ4v) is 2.75. The molecule has 1 aromatic heterocycles. The van der Waals surface area contributed by atoms with Crippen LogP contribution in [0.3, 0.4) is 0 Å². The number of hydrogen-bond acceptors (Lipinski definition) is 4. The number of amides is 1. The van der Waals surface area contributed by atoms with Gasteiger partial charge in [0.05, 0.1) is 5.69 Å². The highest BCUT2D eigenvalue weighted by molar-refractivity contribution is 5.78. The number of aromatic nitrogens is 2. The minimum Gasteiger partial charge on any atom is -0.480 e. The summed E-state index contributed by atoms with van der Waals surface area (Å²) < 4.78 is 7.44. The molecule has 1 atom stereocenters. The topological polar surface area (TPSA) is 73.4 Å². The summed E-state index contributed by atoms with van der Waals surface area (Å²) in [4.78, 5) is 14.2. The Morgan fingerprint density at radius 2 is 2.20 bits per heavy atom. The van der Waals surface area contributed by atoms with Gasteiger partial charge in [0.2, 0.25) is 0 Å². The van der Waals surface area contributed by atoms with E-state index in [-0.39, 0.29) is 18.6 Å². The van der Waals surface area contributed by atoms with E-state index in [0.29, 0.717) is 12.3 Å². The van der Waals surface area contributed by atoms with E-state index in [1.807, 2.05) is 25.8 Å². The lowest BCUT2D eigenvalue weighted by molar-refractivity contribution is -0.136. The molecule has 1 saturated heterocycles. The molecule has 0 radical (unpaired) electrons.